The van der Waals surface area contributed by atoms with E-state index in [0.717, 1.165) is 5.92 Å². The monoisotopic (exact) mass is 183 g/mol. The van der Waals surface area contributed by atoms with Gasteiger partial charge in [-0.1, -0.05) is 52.1 Å². The Balaban J connectivity index is 2.30. The second-order valence-corrected chi connectivity index (χ2v) is 7.51. The van der Waals surface area contributed by atoms with Gasteiger partial charge in [-0.3, -0.25) is 0 Å². The zero-order valence-electron chi connectivity index (χ0n) is 8.90. The lowest BCUT2D eigenvalue weighted by Gasteiger charge is -2.21. The van der Waals surface area contributed by atoms with Crippen LogP contribution in [0.25, 0.3) is 0 Å². The molecule has 1 rings (SSSR count). The molecule has 0 aliphatic heterocycles. The molecule has 1 heteroatoms. The first-order valence-electron chi connectivity index (χ1n) is 5.61. The van der Waals surface area contributed by atoms with Gasteiger partial charge >= 0.3 is 0 Å². The second kappa shape index (κ2) is 5.06. The van der Waals surface area contributed by atoms with E-state index in [1.54, 1.807) is 0 Å². The molecule has 0 spiro atoms. The van der Waals surface area contributed by atoms with E-state index in [4.69, 9.17) is 0 Å². The Morgan fingerprint density at radius 2 is 2.17 bits per heavy atom. The Labute approximate surface area is 79.4 Å². The molecule has 1 aliphatic carbocycles. The van der Waals surface area contributed by atoms with Gasteiger partial charge in [-0.15, -0.1) is 0 Å². The quantitative estimate of drug-likeness (QED) is 0.584. The van der Waals surface area contributed by atoms with E-state index in [9.17, 15) is 0 Å². The summed E-state index contributed by atoms with van der Waals surface area (Å²) in [4.78, 5) is 0. The fourth-order valence-electron chi connectivity index (χ4n) is 2.48. The van der Waals surface area contributed by atoms with Gasteiger partial charge in [0.15, 0.2) is 0 Å². The SMILES string of the molecule is CCCCC1CCC[C]1[SiH](C)C. The molecule has 1 unspecified atom stereocenters. The van der Waals surface area contributed by atoms with Crippen LogP contribution in [0.5, 0.6) is 0 Å². The molecule has 0 N–H and O–H groups in total. The predicted octanol–water partition coefficient (Wildman–Crippen LogP) is 3.58. The van der Waals surface area contributed by atoms with Gasteiger partial charge in [0.25, 0.3) is 0 Å². The summed E-state index contributed by atoms with van der Waals surface area (Å²) in [5, 5.41) is 0. The third kappa shape index (κ3) is 2.62. The second-order valence-electron chi connectivity index (χ2n) is 4.46. The zero-order valence-corrected chi connectivity index (χ0v) is 10.1. The maximum absolute atomic E-state index is 2.50. The van der Waals surface area contributed by atoms with Crippen molar-refractivity contribution in [3.05, 3.63) is 5.54 Å². The summed E-state index contributed by atoms with van der Waals surface area (Å²) < 4.78 is 0. The van der Waals surface area contributed by atoms with Crippen molar-refractivity contribution in [1.29, 1.82) is 0 Å². The molecule has 1 atom stereocenters. The van der Waals surface area contributed by atoms with E-state index in [0.29, 0.717) is 0 Å². The van der Waals surface area contributed by atoms with Gasteiger partial charge in [0.05, 0.1) is 0 Å². The molecule has 0 saturated heterocycles. The normalized spacial score (nSPS) is 25.5. The maximum Gasteiger partial charge on any atom is 0.0378 e. The van der Waals surface area contributed by atoms with Gasteiger partial charge in [0, 0.05) is 8.80 Å². The minimum Gasteiger partial charge on any atom is -0.0718 e. The Hall–Kier alpha value is 0.217. The topological polar surface area (TPSA) is 0 Å². The molecule has 0 heterocycles. The lowest BCUT2D eigenvalue weighted by Crippen LogP contribution is -2.19. The standard InChI is InChI=1S/C11H23Si/c1-4-5-7-10-8-6-9-11(10)12(2)3/h10,12H,4-9H2,1-3H3. The highest BCUT2D eigenvalue weighted by atomic mass is 28.3. The molecule has 12 heavy (non-hydrogen) atoms. The van der Waals surface area contributed by atoms with Gasteiger partial charge in [-0.2, -0.15) is 0 Å². The van der Waals surface area contributed by atoms with Crippen molar-refractivity contribution < 1.29 is 0 Å². The van der Waals surface area contributed by atoms with E-state index in [1.807, 2.05) is 5.54 Å². The third-order valence-corrected chi connectivity index (χ3v) is 5.43. The molecule has 1 aliphatic rings. The summed E-state index contributed by atoms with van der Waals surface area (Å²) in [5.41, 5.74) is 2.00. The lowest BCUT2D eigenvalue weighted by atomic mass is 10.0. The molecule has 1 fully saturated rings. The van der Waals surface area contributed by atoms with E-state index in [1.165, 1.54) is 38.5 Å². The molecule has 0 bridgehead atoms. The van der Waals surface area contributed by atoms with Gasteiger partial charge < -0.3 is 0 Å². The average molecular weight is 183 g/mol. The van der Waals surface area contributed by atoms with Crippen LogP contribution in [0.3, 0.4) is 0 Å². The largest absolute Gasteiger partial charge is 0.0718 e. The summed E-state index contributed by atoms with van der Waals surface area (Å²) in [7, 11) is -0.407. The zero-order chi connectivity index (χ0) is 8.97. The molecule has 1 saturated carbocycles. The van der Waals surface area contributed by atoms with Crippen molar-refractivity contribution >= 4 is 8.80 Å². The molecule has 1 radical (unpaired) electrons. The van der Waals surface area contributed by atoms with Gasteiger partial charge in [-0.25, -0.2) is 0 Å². The van der Waals surface area contributed by atoms with Crippen LogP contribution in [0.2, 0.25) is 13.1 Å². The summed E-state index contributed by atoms with van der Waals surface area (Å²) >= 11 is 0. The molecule has 0 aromatic heterocycles. The van der Waals surface area contributed by atoms with Crippen LogP contribution in [-0.4, -0.2) is 8.80 Å². The molecular weight excluding hydrogens is 160 g/mol. The molecule has 0 amide bonds. The Kier molecular flexibility index (Phi) is 4.34. The number of hydrogen-bond acceptors (Lipinski definition) is 0. The fraction of sp³-hybridized carbons (Fsp3) is 0.909. The van der Waals surface area contributed by atoms with Crippen molar-refractivity contribution in [1.82, 2.24) is 0 Å². The van der Waals surface area contributed by atoms with E-state index >= 15 is 0 Å². The van der Waals surface area contributed by atoms with Gasteiger partial charge in [-0.05, 0) is 17.9 Å². The first kappa shape index (κ1) is 10.3. The van der Waals surface area contributed by atoms with Crippen molar-refractivity contribution in [2.75, 3.05) is 0 Å². The van der Waals surface area contributed by atoms with E-state index < -0.39 is 8.80 Å². The lowest BCUT2D eigenvalue weighted by molar-refractivity contribution is 0.524. The highest BCUT2D eigenvalue weighted by Gasteiger charge is 2.29. The molecule has 0 aromatic carbocycles. The van der Waals surface area contributed by atoms with Crippen LogP contribution in [0, 0.1) is 11.5 Å². The summed E-state index contributed by atoms with van der Waals surface area (Å²) in [6.07, 6.45) is 8.82. The predicted molar refractivity (Wildman–Crippen MR) is 59.0 cm³/mol. The van der Waals surface area contributed by atoms with Gasteiger partial charge in [0.1, 0.15) is 0 Å². The molecule has 0 aromatic rings. The van der Waals surface area contributed by atoms with Crippen molar-refractivity contribution in [2.24, 2.45) is 5.92 Å². The van der Waals surface area contributed by atoms with Crippen LogP contribution in [0.4, 0.5) is 0 Å². The van der Waals surface area contributed by atoms with Crippen molar-refractivity contribution in [2.45, 2.75) is 58.5 Å². The minimum atomic E-state index is -0.407. The Bertz CT molecular complexity index is 120. The number of rotatable bonds is 4. The molecule has 0 nitrogen and oxygen atoms in total. The highest BCUT2D eigenvalue weighted by molar-refractivity contribution is 6.62. The molecule has 71 valence electrons. The summed E-state index contributed by atoms with van der Waals surface area (Å²) in [6, 6.07) is 0. The van der Waals surface area contributed by atoms with Gasteiger partial charge in [0.2, 0.25) is 0 Å². The first-order chi connectivity index (χ1) is 5.75. The highest BCUT2D eigenvalue weighted by Crippen LogP contribution is 2.38. The fourth-order valence-corrected chi connectivity index (χ4v) is 4.54. The maximum atomic E-state index is 2.50. The average Bonchev–Trinajstić information content (AvgIpc) is 2.48. The summed E-state index contributed by atoms with van der Waals surface area (Å²) in [6.45, 7) is 7.31. The van der Waals surface area contributed by atoms with Crippen molar-refractivity contribution in [3.63, 3.8) is 0 Å². The van der Waals surface area contributed by atoms with Crippen LogP contribution in [0.15, 0.2) is 0 Å². The number of unbranched alkanes of at least 4 members (excludes halogenated alkanes) is 1. The first-order valence-corrected chi connectivity index (χ1v) is 8.50. The summed E-state index contributed by atoms with van der Waals surface area (Å²) in [5.74, 6) is 1.05. The smallest absolute Gasteiger partial charge is 0.0378 e. The van der Waals surface area contributed by atoms with Crippen LogP contribution >= 0.6 is 0 Å². The Morgan fingerprint density at radius 1 is 1.42 bits per heavy atom. The van der Waals surface area contributed by atoms with Crippen LogP contribution in [0.1, 0.15) is 45.4 Å². The van der Waals surface area contributed by atoms with E-state index in [2.05, 4.69) is 20.0 Å². The van der Waals surface area contributed by atoms with Crippen LogP contribution in [-0.2, 0) is 0 Å². The Morgan fingerprint density at radius 3 is 2.75 bits per heavy atom. The van der Waals surface area contributed by atoms with E-state index in [-0.39, 0.29) is 0 Å². The van der Waals surface area contributed by atoms with Crippen molar-refractivity contribution in [3.8, 4) is 0 Å². The number of hydrogen-bond donors (Lipinski definition) is 0. The minimum absolute atomic E-state index is 0.407. The van der Waals surface area contributed by atoms with Crippen LogP contribution < -0.4 is 0 Å². The molecular formula is C11H23Si. The third-order valence-electron chi connectivity index (χ3n) is 3.19.